The summed E-state index contributed by atoms with van der Waals surface area (Å²) in [6, 6.07) is 8.66. The van der Waals surface area contributed by atoms with Crippen LogP contribution >= 0.6 is 0 Å². The first-order chi connectivity index (χ1) is 8.56. The maximum atomic E-state index is 6.30. The Morgan fingerprint density at radius 2 is 1.78 bits per heavy atom. The number of aryl methyl sites for hydroxylation is 3. The zero-order valence-corrected chi connectivity index (χ0v) is 11.3. The third-order valence-electron chi connectivity index (χ3n) is 3.20. The second-order valence-electron chi connectivity index (χ2n) is 5.04. The number of hydrogen-bond donors (Lipinski definition) is 1. The predicted octanol–water partition coefficient (Wildman–Crippen LogP) is 3.25. The van der Waals surface area contributed by atoms with Crippen LogP contribution in [0.15, 0.2) is 36.7 Å². The third kappa shape index (κ3) is 2.96. The first-order valence-electron chi connectivity index (χ1n) is 6.29. The Balaban J connectivity index is 2.21. The molecule has 2 aromatic rings. The molecular weight excluding hydrogens is 220 g/mol. The van der Waals surface area contributed by atoms with Gasteiger partial charge in [0.05, 0.1) is 0 Å². The van der Waals surface area contributed by atoms with Crippen LogP contribution in [0.2, 0.25) is 0 Å². The zero-order chi connectivity index (χ0) is 13.1. The van der Waals surface area contributed by atoms with Crippen molar-refractivity contribution >= 4 is 0 Å². The predicted molar refractivity (Wildman–Crippen MR) is 75.5 cm³/mol. The quantitative estimate of drug-likeness (QED) is 0.894. The maximum Gasteiger partial charge on any atom is 0.0339 e. The van der Waals surface area contributed by atoms with Gasteiger partial charge in [0.15, 0.2) is 0 Å². The molecule has 0 amide bonds. The van der Waals surface area contributed by atoms with Gasteiger partial charge in [-0.2, -0.15) is 0 Å². The number of nitrogens with zero attached hydrogens (tertiary/aromatic N) is 1. The van der Waals surface area contributed by atoms with Gasteiger partial charge in [-0.25, -0.2) is 0 Å². The van der Waals surface area contributed by atoms with E-state index >= 15 is 0 Å². The molecule has 2 heteroatoms. The topological polar surface area (TPSA) is 38.9 Å². The SMILES string of the molecule is Cc1cc(C)cc(CC(N)c2ccncc2C)c1. The molecule has 1 aromatic heterocycles. The third-order valence-corrected chi connectivity index (χ3v) is 3.20. The van der Waals surface area contributed by atoms with Gasteiger partial charge in [-0.3, -0.25) is 4.98 Å². The molecule has 0 bridgehead atoms. The first kappa shape index (κ1) is 12.8. The van der Waals surface area contributed by atoms with Crippen molar-refractivity contribution in [1.29, 1.82) is 0 Å². The fraction of sp³-hybridized carbons (Fsp3) is 0.312. The highest BCUT2D eigenvalue weighted by atomic mass is 14.7. The summed E-state index contributed by atoms with van der Waals surface area (Å²) in [5.41, 5.74) is 12.5. The van der Waals surface area contributed by atoms with Crippen molar-refractivity contribution in [3.05, 3.63) is 64.5 Å². The lowest BCUT2D eigenvalue weighted by atomic mass is 9.96. The molecule has 0 fully saturated rings. The minimum atomic E-state index is 0.0363. The van der Waals surface area contributed by atoms with Crippen LogP contribution in [0.4, 0.5) is 0 Å². The van der Waals surface area contributed by atoms with E-state index in [0.29, 0.717) is 0 Å². The van der Waals surface area contributed by atoms with Crippen molar-refractivity contribution in [2.45, 2.75) is 33.2 Å². The minimum absolute atomic E-state index is 0.0363. The largest absolute Gasteiger partial charge is 0.324 e. The molecule has 2 nitrogen and oxygen atoms in total. The molecule has 1 aromatic carbocycles. The molecule has 0 radical (unpaired) electrons. The Morgan fingerprint density at radius 1 is 1.11 bits per heavy atom. The van der Waals surface area contributed by atoms with Crippen LogP contribution in [0.25, 0.3) is 0 Å². The molecule has 0 saturated heterocycles. The summed E-state index contributed by atoms with van der Waals surface area (Å²) in [5, 5.41) is 0. The van der Waals surface area contributed by atoms with Crippen LogP contribution in [0.1, 0.15) is 33.9 Å². The van der Waals surface area contributed by atoms with Crippen molar-refractivity contribution in [1.82, 2.24) is 4.98 Å². The van der Waals surface area contributed by atoms with Gasteiger partial charge in [-0.1, -0.05) is 29.3 Å². The van der Waals surface area contributed by atoms with Gasteiger partial charge >= 0.3 is 0 Å². The van der Waals surface area contributed by atoms with Crippen molar-refractivity contribution in [2.75, 3.05) is 0 Å². The van der Waals surface area contributed by atoms with Gasteiger partial charge in [0.1, 0.15) is 0 Å². The van der Waals surface area contributed by atoms with Gasteiger partial charge in [0.25, 0.3) is 0 Å². The highest BCUT2D eigenvalue weighted by Gasteiger charge is 2.10. The van der Waals surface area contributed by atoms with E-state index in [1.807, 2.05) is 18.5 Å². The first-order valence-corrected chi connectivity index (χ1v) is 6.29. The van der Waals surface area contributed by atoms with Crippen molar-refractivity contribution in [2.24, 2.45) is 5.73 Å². The Kier molecular flexibility index (Phi) is 3.78. The lowest BCUT2D eigenvalue weighted by Gasteiger charge is -2.15. The number of benzene rings is 1. The molecule has 94 valence electrons. The molecule has 0 spiro atoms. The molecule has 0 saturated carbocycles. The van der Waals surface area contributed by atoms with Crippen LogP contribution < -0.4 is 5.73 Å². The summed E-state index contributed by atoms with van der Waals surface area (Å²) in [4.78, 5) is 4.11. The number of aromatic nitrogens is 1. The Hall–Kier alpha value is -1.67. The molecule has 0 aliphatic carbocycles. The summed E-state index contributed by atoms with van der Waals surface area (Å²) in [6.45, 7) is 6.31. The van der Waals surface area contributed by atoms with E-state index in [-0.39, 0.29) is 6.04 Å². The number of pyridine rings is 1. The van der Waals surface area contributed by atoms with E-state index in [9.17, 15) is 0 Å². The van der Waals surface area contributed by atoms with E-state index < -0.39 is 0 Å². The smallest absolute Gasteiger partial charge is 0.0339 e. The number of rotatable bonds is 3. The molecule has 1 heterocycles. The van der Waals surface area contributed by atoms with Gasteiger partial charge in [0.2, 0.25) is 0 Å². The average Bonchev–Trinajstić information content (AvgIpc) is 2.27. The van der Waals surface area contributed by atoms with Crippen molar-refractivity contribution in [3.8, 4) is 0 Å². The average molecular weight is 240 g/mol. The summed E-state index contributed by atoms with van der Waals surface area (Å²) < 4.78 is 0. The monoisotopic (exact) mass is 240 g/mol. The van der Waals surface area contributed by atoms with Crippen LogP contribution in [0, 0.1) is 20.8 Å². The molecular formula is C16H20N2. The van der Waals surface area contributed by atoms with Gasteiger partial charge in [-0.05, 0) is 49.9 Å². The normalized spacial score (nSPS) is 12.4. The molecule has 2 rings (SSSR count). The molecule has 0 aliphatic heterocycles. The van der Waals surface area contributed by atoms with Crippen LogP contribution in [0.3, 0.4) is 0 Å². The molecule has 18 heavy (non-hydrogen) atoms. The Morgan fingerprint density at radius 3 is 2.39 bits per heavy atom. The summed E-state index contributed by atoms with van der Waals surface area (Å²) >= 11 is 0. The molecule has 0 aliphatic rings. The van der Waals surface area contributed by atoms with Crippen molar-refractivity contribution in [3.63, 3.8) is 0 Å². The second-order valence-corrected chi connectivity index (χ2v) is 5.04. The maximum absolute atomic E-state index is 6.30. The number of hydrogen-bond acceptors (Lipinski definition) is 2. The fourth-order valence-corrected chi connectivity index (χ4v) is 2.45. The zero-order valence-electron chi connectivity index (χ0n) is 11.3. The second kappa shape index (κ2) is 5.32. The molecule has 1 atom stereocenters. The van der Waals surface area contributed by atoms with Gasteiger partial charge in [0, 0.05) is 18.4 Å². The lowest BCUT2D eigenvalue weighted by Crippen LogP contribution is -2.15. The van der Waals surface area contributed by atoms with Crippen LogP contribution in [-0.2, 0) is 6.42 Å². The molecule has 2 N–H and O–H groups in total. The van der Waals surface area contributed by atoms with Crippen LogP contribution in [-0.4, -0.2) is 4.98 Å². The van der Waals surface area contributed by atoms with Gasteiger partial charge in [-0.15, -0.1) is 0 Å². The minimum Gasteiger partial charge on any atom is -0.324 e. The van der Waals surface area contributed by atoms with E-state index in [1.165, 1.54) is 22.3 Å². The lowest BCUT2D eigenvalue weighted by molar-refractivity contribution is 0.714. The number of nitrogens with two attached hydrogens (primary N) is 1. The molecule has 1 unspecified atom stereocenters. The van der Waals surface area contributed by atoms with Gasteiger partial charge < -0.3 is 5.73 Å². The van der Waals surface area contributed by atoms with E-state index in [4.69, 9.17) is 5.73 Å². The van der Waals surface area contributed by atoms with Crippen molar-refractivity contribution < 1.29 is 0 Å². The summed E-state index contributed by atoms with van der Waals surface area (Å²) in [5.74, 6) is 0. The summed E-state index contributed by atoms with van der Waals surface area (Å²) in [6.07, 6.45) is 4.55. The van der Waals surface area contributed by atoms with E-state index in [0.717, 1.165) is 12.0 Å². The highest BCUT2D eigenvalue weighted by molar-refractivity contribution is 5.32. The van der Waals surface area contributed by atoms with E-state index in [1.54, 1.807) is 0 Å². The van der Waals surface area contributed by atoms with Crippen LogP contribution in [0.5, 0.6) is 0 Å². The fourth-order valence-electron chi connectivity index (χ4n) is 2.45. The Labute approximate surface area is 109 Å². The summed E-state index contributed by atoms with van der Waals surface area (Å²) in [7, 11) is 0. The van der Waals surface area contributed by atoms with E-state index in [2.05, 4.69) is 44.0 Å². The standard InChI is InChI=1S/C16H20N2/c1-11-6-12(2)8-14(7-11)9-16(17)15-4-5-18-10-13(15)3/h4-8,10,16H,9,17H2,1-3H3. The Bertz CT molecular complexity index is 526. The highest BCUT2D eigenvalue weighted by Crippen LogP contribution is 2.20.